The van der Waals surface area contributed by atoms with Crippen LogP contribution in [0.4, 0.5) is 0 Å². The minimum Gasteiger partial charge on any atom is -0.456 e. The Morgan fingerprint density at radius 1 is 0.459 bits per heavy atom. The first kappa shape index (κ1) is 10.6. The van der Waals surface area contributed by atoms with E-state index in [-0.39, 0.29) is 54.6 Å². The Hall–Kier alpha value is -4.88. The van der Waals surface area contributed by atoms with Crippen LogP contribution >= 0.6 is 0 Å². The number of furan rings is 1. The van der Waals surface area contributed by atoms with Crippen molar-refractivity contribution in [3.8, 4) is 22.3 Å². The summed E-state index contributed by atoms with van der Waals surface area (Å²) in [6.07, 6.45) is 0. The summed E-state index contributed by atoms with van der Waals surface area (Å²) < 4.78 is 139. The molecule has 0 atom stereocenters. The zero-order chi connectivity index (χ0) is 37.4. The molecule has 0 N–H and O–H groups in total. The Morgan fingerprint density at radius 2 is 1.05 bits per heavy atom. The largest absolute Gasteiger partial charge is 0.456 e. The minimum atomic E-state index is -0.688. The maximum absolute atomic E-state index is 9.52. The quantitative estimate of drug-likeness (QED) is 0.222. The molecule has 0 fully saturated rings. The molecule has 37 heavy (non-hydrogen) atoms. The third-order valence-electron chi connectivity index (χ3n) is 6.57. The Balaban J connectivity index is 1.75. The molecule has 0 saturated carbocycles. The highest BCUT2D eigenvalue weighted by molar-refractivity contribution is 6.24. The summed E-state index contributed by atoms with van der Waals surface area (Å²) in [5, 5.41) is 0.0538. The van der Waals surface area contributed by atoms with Crippen molar-refractivity contribution in [1.82, 2.24) is 0 Å². The maximum Gasteiger partial charge on any atom is 0.135 e. The molecule has 1 aromatic heterocycles. The van der Waals surface area contributed by atoms with Crippen LogP contribution in [-0.4, -0.2) is 0 Å². The van der Waals surface area contributed by atoms with E-state index in [0.717, 1.165) is 5.39 Å². The van der Waals surface area contributed by atoms with Crippen molar-refractivity contribution in [3.63, 3.8) is 0 Å². The molecule has 1 nitrogen and oxygen atoms in total. The number of benzene rings is 7. The van der Waals surface area contributed by atoms with Gasteiger partial charge in [-0.3, -0.25) is 0 Å². The first-order valence-corrected chi connectivity index (χ1v) is 11.5. The fourth-order valence-corrected chi connectivity index (χ4v) is 5.02. The van der Waals surface area contributed by atoms with Crippen LogP contribution in [0.1, 0.15) is 20.6 Å². The van der Waals surface area contributed by atoms with Crippen LogP contribution < -0.4 is 0 Å². The second-order valence-corrected chi connectivity index (χ2v) is 8.54. The van der Waals surface area contributed by atoms with E-state index in [4.69, 9.17) is 16.8 Å². The summed E-state index contributed by atoms with van der Waals surface area (Å²) in [4.78, 5) is 0. The van der Waals surface area contributed by atoms with E-state index in [9.17, 15) is 8.22 Å². The van der Waals surface area contributed by atoms with Gasteiger partial charge in [-0.05, 0) is 72.7 Å². The van der Waals surface area contributed by atoms with Gasteiger partial charge in [-0.1, -0.05) is 115 Å². The van der Waals surface area contributed by atoms with Crippen molar-refractivity contribution in [2.75, 3.05) is 0 Å². The molecule has 1 heteroatoms. The third-order valence-corrected chi connectivity index (χ3v) is 6.57. The molecule has 0 amide bonds. The van der Waals surface area contributed by atoms with Crippen molar-refractivity contribution < 1.29 is 25.0 Å². The first-order valence-electron chi connectivity index (χ1n) is 19.0. The van der Waals surface area contributed by atoms with Gasteiger partial charge < -0.3 is 4.42 Å². The van der Waals surface area contributed by atoms with Crippen LogP contribution in [-0.2, 0) is 0 Å². The van der Waals surface area contributed by atoms with Crippen molar-refractivity contribution in [3.05, 3.63) is 133 Å². The summed E-state index contributed by atoms with van der Waals surface area (Å²) in [6.45, 7) is 0. The second kappa shape index (κ2) is 7.81. The molecular formula is C36H22O. The van der Waals surface area contributed by atoms with Gasteiger partial charge in [0.2, 0.25) is 0 Å². The molecular weight excluding hydrogens is 448 g/mol. The Kier molecular flexibility index (Phi) is 2.24. The predicted molar refractivity (Wildman–Crippen MR) is 157 cm³/mol. The highest BCUT2D eigenvalue weighted by atomic mass is 16.3. The lowest BCUT2D eigenvalue weighted by Gasteiger charge is -2.18. The van der Waals surface area contributed by atoms with E-state index in [1.165, 1.54) is 0 Å². The van der Waals surface area contributed by atoms with E-state index < -0.39 is 96.2 Å². The molecule has 0 bridgehead atoms. The zero-order valence-corrected chi connectivity index (χ0v) is 18.9. The van der Waals surface area contributed by atoms with Gasteiger partial charge in [-0.25, -0.2) is 0 Å². The minimum absolute atomic E-state index is 0.0812. The topological polar surface area (TPSA) is 13.1 Å². The summed E-state index contributed by atoms with van der Waals surface area (Å²) in [5.74, 6) is 0. The van der Waals surface area contributed by atoms with Gasteiger partial charge in [-0.2, -0.15) is 0 Å². The van der Waals surface area contributed by atoms with Crippen LogP contribution in [0.2, 0.25) is 0 Å². The number of fused-ring (bicyclic) bond motifs is 6. The monoisotopic (exact) mass is 485 g/mol. The SMILES string of the molecule is [2H]c1c([2H])c([2H])c2c(oc3c([2H])c([2H])c(-c4c5c([2H])c([2H])c([2H])c([2H])c5c(-c5cccc6ccccc56)c5c([2H])c([2H])c([2H])c([2H])c45)c([2H])c32)c1[2H]. The summed E-state index contributed by atoms with van der Waals surface area (Å²) in [5.41, 5.74) is -1.02. The molecule has 0 radical (unpaired) electrons. The maximum atomic E-state index is 9.52. The van der Waals surface area contributed by atoms with Gasteiger partial charge in [-0.15, -0.1) is 0 Å². The number of rotatable bonds is 2. The van der Waals surface area contributed by atoms with Gasteiger partial charge in [0.25, 0.3) is 0 Å². The normalized spacial score (nSPS) is 17.5. The molecule has 0 aliphatic rings. The summed E-state index contributed by atoms with van der Waals surface area (Å²) in [7, 11) is 0. The Labute approximate surface area is 235 Å². The molecule has 172 valence electrons. The lowest BCUT2D eigenvalue weighted by Crippen LogP contribution is -1.91. The van der Waals surface area contributed by atoms with Crippen molar-refractivity contribution >= 4 is 54.3 Å². The van der Waals surface area contributed by atoms with E-state index in [0.29, 0.717) is 10.9 Å². The fraction of sp³-hybridized carbons (Fsp3) is 0. The summed E-state index contributed by atoms with van der Waals surface area (Å²) in [6, 6.07) is 3.15. The van der Waals surface area contributed by atoms with E-state index >= 15 is 0 Å². The van der Waals surface area contributed by atoms with E-state index in [2.05, 4.69) is 0 Å². The van der Waals surface area contributed by atoms with Crippen molar-refractivity contribution in [2.24, 2.45) is 0 Å². The van der Waals surface area contributed by atoms with Crippen LogP contribution in [0.15, 0.2) is 138 Å². The smallest absolute Gasteiger partial charge is 0.135 e. The van der Waals surface area contributed by atoms with Gasteiger partial charge in [0.15, 0.2) is 0 Å². The molecule has 0 spiro atoms. The fourth-order valence-electron chi connectivity index (χ4n) is 5.02. The highest BCUT2D eigenvalue weighted by Gasteiger charge is 2.18. The standard InChI is InChI=1S/C36H22O/c1-2-12-25-23(10-1)11-9-18-27(25)36-30-16-5-3-14-28(30)35(29-15-4-6-17-31(29)36)24-20-21-34-32(22-24)26-13-7-8-19-33(26)37-34/h1-22H/i3D,4D,5D,6D,7D,8D,13D,14D,15D,16D,17D,19D,20D,21D,22D. The van der Waals surface area contributed by atoms with Crippen molar-refractivity contribution in [2.45, 2.75) is 0 Å². The first-order chi connectivity index (χ1) is 24.6. The van der Waals surface area contributed by atoms with Crippen LogP contribution in [0.3, 0.4) is 0 Å². The van der Waals surface area contributed by atoms with Gasteiger partial charge in [0, 0.05) is 10.8 Å². The zero-order valence-electron chi connectivity index (χ0n) is 33.9. The van der Waals surface area contributed by atoms with Crippen LogP contribution in [0, 0.1) is 0 Å². The second-order valence-electron chi connectivity index (χ2n) is 8.54. The molecule has 7 aromatic carbocycles. The molecule has 0 saturated heterocycles. The van der Waals surface area contributed by atoms with Gasteiger partial charge in [0.05, 0.1) is 20.6 Å². The van der Waals surface area contributed by atoms with Crippen LogP contribution in [0.25, 0.3) is 76.5 Å². The van der Waals surface area contributed by atoms with Crippen LogP contribution in [0.5, 0.6) is 0 Å². The Morgan fingerprint density at radius 3 is 1.81 bits per heavy atom. The predicted octanol–water partition coefficient (Wildman–Crippen LogP) is 10.4. The molecule has 0 unspecified atom stereocenters. The average Bonchev–Trinajstić information content (AvgIpc) is 3.55. The Bertz CT molecular complexity index is 2880. The van der Waals surface area contributed by atoms with E-state index in [1.807, 2.05) is 18.2 Å². The lowest BCUT2D eigenvalue weighted by molar-refractivity contribution is 0.669. The third kappa shape index (κ3) is 2.98. The highest BCUT2D eigenvalue weighted by Crippen LogP contribution is 2.45. The molecule has 8 aromatic rings. The molecule has 0 aliphatic heterocycles. The summed E-state index contributed by atoms with van der Waals surface area (Å²) >= 11 is 0. The average molecular weight is 486 g/mol. The lowest BCUT2D eigenvalue weighted by atomic mass is 9.84. The van der Waals surface area contributed by atoms with Crippen molar-refractivity contribution in [1.29, 1.82) is 0 Å². The number of hydrogen-bond acceptors (Lipinski definition) is 1. The molecule has 1 heterocycles. The van der Waals surface area contributed by atoms with Gasteiger partial charge >= 0.3 is 0 Å². The van der Waals surface area contributed by atoms with Gasteiger partial charge in [0.1, 0.15) is 11.2 Å². The molecule has 0 aliphatic carbocycles. The van der Waals surface area contributed by atoms with E-state index in [1.54, 1.807) is 24.3 Å². The number of para-hydroxylation sites is 1. The molecule has 8 rings (SSSR count). The number of hydrogen-bond donors (Lipinski definition) is 0.